The first-order valence-corrected chi connectivity index (χ1v) is 23.2. The molecule has 3 aliphatic carbocycles. The normalized spacial score (nSPS) is 18.8. The number of amides is 2. The van der Waals surface area contributed by atoms with Crippen molar-refractivity contribution < 1.29 is 38.0 Å². The van der Waals surface area contributed by atoms with Crippen molar-refractivity contribution >= 4 is 35.3 Å². The van der Waals surface area contributed by atoms with Gasteiger partial charge in [-0.2, -0.15) is 0 Å². The van der Waals surface area contributed by atoms with Crippen molar-refractivity contribution in [2.75, 3.05) is 55.2 Å². The highest BCUT2D eigenvalue weighted by molar-refractivity contribution is 7.98. The van der Waals surface area contributed by atoms with E-state index < -0.39 is 12.1 Å². The minimum Gasteiger partial charge on any atom is -0.493 e. The standard InChI is InChI=1S/C48H54N2O10S2/c1-55-37-21-27-13-17-33(31-23-35(51)39(61-7)19-15-29(31)41(27)45(59-5)43(37)57-3)49-47(53)25-9-11-26(12-10-25)48(54)50-34-18-14-28-22-38(56-2)44(58-4)46(60-6)42(28)30-16-20-40(62-8)36(52)24-32(30)34/h15-16,19-26,33-34H,9-14,17-18H2,1-8H3,(H,49,53)(H,50,54)/t25?,26?,33-,34-/m0/s1. The van der Waals surface area contributed by atoms with Gasteiger partial charge in [0.25, 0.3) is 0 Å². The van der Waals surface area contributed by atoms with Gasteiger partial charge in [-0.05, 0) is 134 Å². The molecule has 0 spiro atoms. The third-order valence-corrected chi connectivity index (χ3v) is 14.1. The van der Waals surface area contributed by atoms with E-state index in [1.165, 1.54) is 23.5 Å². The first-order valence-electron chi connectivity index (χ1n) is 20.7. The fourth-order valence-electron chi connectivity index (χ4n) is 9.43. The summed E-state index contributed by atoms with van der Waals surface area (Å²) < 4.78 is 34.7. The number of nitrogens with one attached hydrogen (secondary N) is 2. The van der Waals surface area contributed by atoms with E-state index in [0.717, 1.165) is 33.4 Å². The van der Waals surface area contributed by atoms with Crippen LogP contribution in [0.15, 0.2) is 67.9 Å². The molecule has 62 heavy (non-hydrogen) atoms. The predicted molar refractivity (Wildman–Crippen MR) is 243 cm³/mol. The number of hydrogen-bond donors (Lipinski definition) is 2. The maximum Gasteiger partial charge on any atom is 0.223 e. The molecule has 12 nitrogen and oxygen atoms in total. The van der Waals surface area contributed by atoms with Crippen LogP contribution in [0, 0.1) is 11.8 Å². The molecule has 1 fully saturated rings. The van der Waals surface area contributed by atoms with Crippen LogP contribution >= 0.6 is 23.5 Å². The summed E-state index contributed by atoms with van der Waals surface area (Å²) in [5, 5.41) is 6.65. The van der Waals surface area contributed by atoms with Crippen LogP contribution in [0.3, 0.4) is 0 Å². The number of aryl methyl sites for hydroxylation is 2. The van der Waals surface area contributed by atoms with Crippen LogP contribution in [0.25, 0.3) is 22.3 Å². The van der Waals surface area contributed by atoms with Gasteiger partial charge in [-0.15, -0.1) is 23.5 Å². The second kappa shape index (κ2) is 19.4. The fourth-order valence-corrected chi connectivity index (χ4v) is 10.4. The SMILES string of the molecule is COc1cc2c(c(OC)c1OC)-c1ccc(SC)c(=O)cc1[C@@H](NC(=O)C1CCC(C(=O)N[C@H]3CCc4cc(OC)c(OC)c(OC)c4-c4ccc(SC)c(=O)cc43)CC1)CC2. The lowest BCUT2D eigenvalue weighted by Crippen LogP contribution is -2.39. The Morgan fingerprint density at radius 1 is 0.516 bits per heavy atom. The molecule has 14 heteroatoms. The van der Waals surface area contributed by atoms with E-state index in [4.69, 9.17) is 28.4 Å². The average molecular weight is 883 g/mol. The topological polar surface area (TPSA) is 148 Å². The second-order valence-corrected chi connectivity index (χ2v) is 17.4. The van der Waals surface area contributed by atoms with Gasteiger partial charge in [0.15, 0.2) is 33.9 Å². The molecule has 0 unspecified atom stereocenters. The predicted octanol–water partition coefficient (Wildman–Crippen LogP) is 7.95. The van der Waals surface area contributed by atoms with Crippen LogP contribution < -0.4 is 49.9 Å². The Balaban J connectivity index is 1.12. The van der Waals surface area contributed by atoms with Gasteiger partial charge in [0.2, 0.25) is 23.3 Å². The zero-order valence-electron chi connectivity index (χ0n) is 36.5. The Bertz CT molecular complexity index is 2330. The summed E-state index contributed by atoms with van der Waals surface area (Å²) in [5.41, 5.74) is 6.23. The Morgan fingerprint density at radius 3 is 1.21 bits per heavy atom. The van der Waals surface area contributed by atoms with Crippen molar-refractivity contribution in [2.24, 2.45) is 11.8 Å². The number of ether oxygens (including phenoxy) is 6. The lowest BCUT2D eigenvalue weighted by Gasteiger charge is -2.30. The van der Waals surface area contributed by atoms with Gasteiger partial charge in [-0.1, -0.05) is 12.1 Å². The quantitative estimate of drug-likeness (QED) is 0.133. The summed E-state index contributed by atoms with van der Waals surface area (Å²) in [6.07, 6.45) is 8.08. The monoisotopic (exact) mass is 882 g/mol. The van der Waals surface area contributed by atoms with Crippen LogP contribution in [0.5, 0.6) is 34.5 Å². The summed E-state index contributed by atoms with van der Waals surface area (Å²) in [6.45, 7) is 0. The van der Waals surface area contributed by atoms with E-state index in [0.29, 0.717) is 107 Å². The van der Waals surface area contributed by atoms with E-state index in [9.17, 15) is 19.2 Å². The highest BCUT2D eigenvalue weighted by atomic mass is 32.2. The number of methoxy groups -OCH3 is 6. The molecule has 0 aromatic heterocycles. The van der Waals surface area contributed by atoms with Gasteiger partial charge >= 0.3 is 0 Å². The fraction of sp³-hybridized carbons (Fsp3) is 0.417. The Kier molecular flexibility index (Phi) is 14.0. The van der Waals surface area contributed by atoms with E-state index >= 15 is 0 Å². The first kappa shape index (κ1) is 44.7. The number of thioether (sulfide) groups is 2. The number of benzene rings is 2. The number of carbonyl (C=O) groups excluding carboxylic acids is 2. The van der Waals surface area contributed by atoms with E-state index in [-0.39, 0.29) is 34.5 Å². The summed E-state index contributed by atoms with van der Waals surface area (Å²) in [5.74, 6) is 2.13. The van der Waals surface area contributed by atoms with Crippen molar-refractivity contribution in [3.05, 3.63) is 91.2 Å². The minimum atomic E-state index is -0.459. The molecule has 4 aromatic rings. The Labute approximate surface area is 370 Å². The largest absolute Gasteiger partial charge is 0.493 e. The molecular formula is C48H54N2O10S2. The van der Waals surface area contributed by atoms with Crippen molar-refractivity contribution in [3.8, 4) is 56.8 Å². The molecule has 2 amide bonds. The molecule has 0 bridgehead atoms. The molecular weight excluding hydrogens is 829 g/mol. The molecule has 0 radical (unpaired) electrons. The molecule has 3 aliphatic rings. The van der Waals surface area contributed by atoms with Crippen molar-refractivity contribution in [3.63, 3.8) is 0 Å². The Morgan fingerprint density at radius 2 is 0.887 bits per heavy atom. The molecule has 2 atom stereocenters. The molecule has 0 aliphatic heterocycles. The molecule has 0 saturated heterocycles. The van der Waals surface area contributed by atoms with Crippen molar-refractivity contribution in [1.82, 2.24) is 10.6 Å². The molecule has 1 saturated carbocycles. The summed E-state index contributed by atoms with van der Waals surface area (Å²) in [7, 11) is 9.45. The van der Waals surface area contributed by atoms with Crippen LogP contribution in [0.1, 0.15) is 72.9 Å². The van der Waals surface area contributed by atoms with Crippen molar-refractivity contribution in [1.29, 1.82) is 0 Å². The maximum atomic E-state index is 14.2. The van der Waals surface area contributed by atoms with Gasteiger partial charge in [0, 0.05) is 23.0 Å². The minimum absolute atomic E-state index is 0.104. The zero-order chi connectivity index (χ0) is 44.2. The van der Waals surface area contributed by atoms with Gasteiger partial charge in [-0.3, -0.25) is 19.2 Å². The zero-order valence-corrected chi connectivity index (χ0v) is 38.1. The average Bonchev–Trinajstić information content (AvgIpc) is 3.69. The van der Waals surface area contributed by atoms with Crippen molar-refractivity contribution in [2.45, 2.75) is 73.2 Å². The first-order chi connectivity index (χ1) is 30.0. The van der Waals surface area contributed by atoms with Gasteiger partial charge < -0.3 is 39.1 Å². The van der Waals surface area contributed by atoms with Gasteiger partial charge in [0.05, 0.1) is 64.5 Å². The molecule has 328 valence electrons. The number of rotatable bonds is 12. The van der Waals surface area contributed by atoms with Gasteiger partial charge in [-0.25, -0.2) is 0 Å². The lowest BCUT2D eigenvalue weighted by atomic mass is 9.80. The van der Waals surface area contributed by atoms with Gasteiger partial charge in [0.1, 0.15) is 0 Å². The second-order valence-electron chi connectivity index (χ2n) is 15.7. The third-order valence-electron chi connectivity index (χ3n) is 12.5. The van der Waals surface area contributed by atoms with E-state index in [1.54, 1.807) is 54.8 Å². The molecule has 0 heterocycles. The Hall–Kier alpha value is -5.34. The summed E-state index contributed by atoms with van der Waals surface area (Å²) >= 11 is 2.74. The lowest BCUT2D eigenvalue weighted by molar-refractivity contribution is -0.131. The third kappa shape index (κ3) is 8.43. The van der Waals surface area contributed by atoms with Crippen LogP contribution in [0.4, 0.5) is 0 Å². The summed E-state index contributed by atoms with van der Waals surface area (Å²) in [6, 6.07) is 13.7. The molecule has 7 rings (SSSR count). The number of carbonyl (C=O) groups is 2. The van der Waals surface area contributed by atoms with Crippen LogP contribution in [0.2, 0.25) is 0 Å². The van der Waals surface area contributed by atoms with E-state index in [1.807, 2.05) is 48.9 Å². The van der Waals surface area contributed by atoms with E-state index in [2.05, 4.69) is 10.6 Å². The maximum absolute atomic E-state index is 14.2. The van der Waals surface area contributed by atoms with Crippen LogP contribution in [-0.2, 0) is 22.4 Å². The highest BCUT2D eigenvalue weighted by Gasteiger charge is 2.36. The number of fused-ring (bicyclic) bond motifs is 6. The molecule has 4 aromatic carbocycles. The highest BCUT2D eigenvalue weighted by Crippen LogP contribution is 2.52. The summed E-state index contributed by atoms with van der Waals surface area (Å²) in [4.78, 5) is 56.6. The van der Waals surface area contributed by atoms with Crippen LogP contribution in [-0.4, -0.2) is 67.0 Å². The smallest absolute Gasteiger partial charge is 0.223 e. The number of hydrogen-bond acceptors (Lipinski definition) is 12. The molecule has 2 N–H and O–H groups in total.